The molecule has 0 radical (unpaired) electrons. The molecule has 1 saturated heterocycles. The lowest BCUT2D eigenvalue weighted by Crippen LogP contribution is -2.35. The molecule has 154 valence electrons. The van der Waals surface area contributed by atoms with Crippen LogP contribution in [0.5, 0.6) is 0 Å². The van der Waals surface area contributed by atoms with E-state index in [9.17, 15) is 16.8 Å². The van der Waals surface area contributed by atoms with Crippen LogP contribution in [0, 0.1) is 5.92 Å². The molecule has 1 aliphatic heterocycles. The molecule has 0 unspecified atom stereocenters. The van der Waals surface area contributed by atoms with Gasteiger partial charge in [0.1, 0.15) is 0 Å². The summed E-state index contributed by atoms with van der Waals surface area (Å²) in [6, 6.07) is 7.24. The number of aromatic nitrogens is 2. The molecule has 0 saturated carbocycles. The number of sulfonamides is 2. The first kappa shape index (κ1) is 21.0. The first-order chi connectivity index (χ1) is 13.3. The Morgan fingerprint density at radius 2 is 1.68 bits per heavy atom. The van der Waals surface area contributed by atoms with Gasteiger partial charge in [0, 0.05) is 38.6 Å². The molecule has 10 heteroatoms. The van der Waals surface area contributed by atoms with Crippen molar-refractivity contribution < 1.29 is 16.8 Å². The van der Waals surface area contributed by atoms with E-state index in [1.807, 2.05) is 19.2 Å². The predicted octanol–water partition coefficient (Wildman–Crippen LogP) is 1.67. The van der Waals surface area contributed by atoms with E-state index < -0.39 is 20.0 Å². The normalized spacial score (nSPS) is 17.5. The number of rotatable bonds is 8. The van der Waals surface area contributed by atoms with E-state index >= 15 is 0 Å². The van der Waals surface area contributed by atoms with Gasteiger partial charge in [-0.2, -0.15) is 9.40 Å². The van der Waals surface area contributed by atoms with Gasteiger partial charge in [-0.3, -0.25) is 4.68 Å². The topological polar surface area (TPSA) is 101 Å². The molecule has 1 aromatic heterocycles. The second-order valence-electron chi connectivity index (χ2n) is 7.12. The lowest BCUT2D eigenvalue weighted by molar-refractivity contribution is 0.346. The van der Waals surface area contributed by atoms with Crippen LogP contribution in [0.4, 0.5) is 0 Å². The van der Waals surface area contributed by atoms with Gasteiger partial charge in [-0.25, -0.2) is 21.6 Å². The van der Waals surface area contributed by atoms with Crippen LogP contribution >= 0.6 is 0 Å². The molecule has 28 heavy (non-hydrogen) atoms. The molecular formula is C18H26N4O4S2. The van der Waals surface area contributed by atoms with Crippen molar-refractivity contribution in [2.24, 2.45) is 5.92 Å². The van der Waals surface area contributed by atoms with Gasteiger partial charge in [0.25, 0.3) is 0 Å². The highest BCUT2D eigenvalue weighted by atomic mass is 32.2. The quantitative estimate of drug-likeness (QED) is 0.692. The predicted molar refractivity (Wildman–Crippen MR) is 106 cm³/mol. The van der Waals surface area contributed by atoms with Crippen LogP contribution in [-0.2, 0) is 26.6 Å². The van der Waals surface area contributed by atoms with E-state index in [0.29, 0.717) is 19.6 Å². The van der Waals surface area contributed by atoms with E-state index in [0.717, 1.165) is 19.3 Å². The molecule has 3 rings (SSSR count). The van der Waals surface area contributed by atoms with Crippen molar-refractivity contribution in [3.63, 3.8) is 0 Å². The van der Waals surface area contributed by atoms with Crippen molar-refractivity contribution in [1.82, 2.24) is 18.8 Å². The first-order valence-electron chi connectivity index (χ1n) is 9.36. The minimum absolute atomic E-state index is 0.0495. The van der Waals surface area contributed by atoms with Crippen LogP contribution in [0.25, 0.3) is 0 Å². The van der Waals surface area contributed by atoms with Gasteiger partial charge in [0.2, 0.25) is 20.0 Å². The Balaban J connectivity index is 1.64. The molecule has 1 fully saturated rings. The summed E-state index contributed by atoms with van der Waals surface area (Å²) < 4.78 is 56.1. The third-order valence-corrected chi connectivity index (χ3v) is 8.12. The maximum Gasteiger partial charge on any atom is 0.243 e. The molecule has 0 aliphatic carbocycles. The lowest BCUT2D eigenvalue weighted by Gasteiger charge is -2.25. The first-order valence-corrected chi connectivity index (χ1v) is 12.3. The highest BCUT2D eigenvalue weighted by Gasteiger charge is 2.26. The summed E-state index contributed by atoms with van der Waals surface area (Å²) in [4.78, 5) is 0.178. The number of hydrogen-bond donors (Lipinski definition) is 1. The van der Waals surface area contributed by atoms with Crippen LogP contribution in [0.3, 0.4) is 0 Å². The summed E-state index contributed by atoms with van der Waals surface area (Å²) in [5.41, 5.74) is 0. The van der Waals surface area contributed by atoms with Crippen LogP contribution < -0.4 is 4.72 Å². The molecule has 0 spiro atoms. The van der Waals surface area contributed by atoms with Crippen LogP contribution in [0.1, 0.15) is 26.2 Å². The Morgan fingerprint density at radius 1 is 1.04 bits per heavy atom. The summed E-state index contributed by atoms with van der Waals surface area (Å²) in [7, 11) is -7.28. The fourth-order valence-electron chi connectivity index (χ4n) is 3.17. The van der Waals surface area contributed by atoms with Crippen molar-refractivity contribution in [2.75, 3.05) is 19.6 Å². The second kappa shape index (κ2) is 8.73. The molecule has 1 atom stereocenters. The standard InChI is InChI=1S/C18H26N4O4S2/c1-16(15-21-11-5-10-19-21)14-20-27(23,24)17-6-8-18(9-7-17)28(25,26)22-12-3-2-4-13-22/h5-11,16,20H,2-4,12-15H2,1H3/t16-/m0/s1. The molecule has 2 aromatic rings. The third-order valence-electron chi connectivity index (χ3n) is 4.77. The zero-order chi connectivity index (χ0) is 20.2. The van der Waals surface area contributed by atoms with Gasteiger partial charge < -0.3 is 0 Å². The fraction of sp³-hybridized carbons (Fsp3) is 0.500. The summed E-state index contributed by atoms with van der Waals surface area (Å²) in [6.07, 6.45) is 6.25. The summed E-state index contributed by atoms with van der Waals surface area (Å²) >= 11 is 0. The number of piperidine rings is 1. The number of benzene rings is 1. The largest absolute Gasteiger partial charge is 0.272 e. The van der Waals surface area contributed by atoms with Crippen molar-refractivity contribution in [1.29, 1.82) is 0 Å². The Morgan fingerprint density at radius 3 is 2.29 bits per heavy atom. The average Bonchev–Trinajstić information content (AvgIpc) is 3.20. The van der Waals surface area contributed by atoms with Gasteiger partial charge in [0.15, 0.2) is 0 Å². The molecule has 8 nitrogen and oxygen atoms in total. The zero-order valence-electron chi connectivity index (χ0n) is 15.9. The molecule has 1 N–H and O–H groups in total. The molecule has 1 aliphatic rings. The van der Waals surface area contributed by atoms with E-state index in [1.165, 1.54) is 28.6 Å². The van der Waals surface area contributed by atoms with Crippen molar-refractivity contribution in [2.45, 2.75) is 42.5 Å². The fourth-order valence-corrected chi connectivity index (χ4v) is 5.85. The summed E-state index contributed by atoms with van der Waals surface area (Å²) in [5, 5.41) is 4.11. The minimum Gasteiger partial charge on any atom is -0.272 e. The van der Waals surface area contributed by atoms with Gasteiger partial charge in [-0.05, 0) is 49.1 Å². The van der Waals surface area contributed by atoms with Crippen LogP contribution in [-0.4, -0.2) is 50.6 Å². The number of nitrogens with zero attached hydrogens (tertiary/aromatic N) is 3. The average molecular weight is 427 g/mol. The van der Waals surface area contributed by atoms with Crippen LogP contribution in [0.2, 0.25) is 0 Å². The Hall–Kier alpha value is -1.75. The van der Waals surface area contributed by atoms with E-state index in [-0.39, 0.29) is 22.3 Å². The summed E-state index contributed by atoms with van der Waals surface area (Å²) in [5.74, 6) is 0.0495. The van der Waals surface area contributed by atoms with Crippen molar-refractivity contribution >= 4 is 20.0 Å². The molecule has 2 heterocycles. The van der Waals surface area contributed by atoms with E-state index in [2.05, 4.69) is 9.82 Å². The molecule has 0 bridgehead atoms. The molecular weight excluding hydrogens is 400 g/mol. The van der Waals surface area contributed by atoms with Gasteiger partial charge in [-0.1, -0.05) is 13.3 Å². The zero-order valence-corrected chi connectivity index (χ0v) is 17.5. The molecule has 0 amide bonds. The minimum atomic E-state index is -3.71. The monoisotopic (exact) mass is 426 g/mol. The Kier molecular flexibility index (Phi) is 6.54. The summed E-state index contributed by atoms with van der Waals surface area (Å²) in [6.45, 7) is 3.81. The SMILES string of the molecule is C[C@@H](CNS(=O)(=O)c1ccc(S(=O)(=O)N2CCCCC2)cc1)Cn1cccn1. The highest BCUT2D eigenvalue weighted by Crippen LogP contribution is 2.22. The number of nitrogens with one attached hydrogen (secondary N) is 1. The van der Waals surface area contributed by atoms with E-state index in [4.69, 9.17) is 0 Å². The van der Waals surface area contributed by atoms with Gasteiger partial charge in [-0.15, -0.1) is 0 Å². The number of hydrogen-bond acceptors (Lipinski definition) is 5. The van der Waals surface area contributed by atoms with Gasteiger partial charge in [0.05, 0.1) is 9.79 Å². The second-order valence-corrected chi connectivity index (χ2v) is 10.8. The smallest absolute Gasteiger partial charge is 0.243 e. The third kappa shape index (κ3) is 4.99. The van der Waals surface area contributed by atoms with Crippen molar-refractivity contribution in [3.05, 3.63) is 42.7 Å². The highest BCUT2D eigenvalue weighted by molar-refractivity contribution is 7.89. The Bertz CT molecular complexity index is 965. The Labute approximate surface area is 166 Å². The van der Waals surface area contributed by atoms with E-state index in [1.54, 1.807) is 10.9 Å². The van der Waals surface area contributed by atoms with Crippen LogP contribution in [0.15, 0.2) is 52.5 Å². The molecule has 1 aromatic carbocycles. The van der Waals surface area contributed by atoms with Gasteiger partial charge >= 0.3 is 0 Å². The maximum atomic E-state index is 12.7. The lowest BCUT2D eigenvalue weighted by atomic mass is 10.2. The maximum absolute atomic E-state index is 12.7. The van der Waals surface area contributed by atoms with Crippen molar-refractivity contribution in [3.8, 4) is 0 Å².